The Morgan fingerprint density at radius 2 is 1.93 bits per heavy atom. The van der Waals surface area contributed by atoms with Crippen molar-refractivity contribution >= 4 is 17.3 Å². The maximum absolute atomic E-state index is 12.9. The largest absolute Gasteiger partial charge is 0.451 e. The first kappa shape index (κ1) is 19.8. The number of carbonyl (C=O) groups is 1. The van der Waals surface area contributed by atoms with Gasteiger partial charge in [-0.3, -0.25) is 4.79 Å². The Bertz CT molecular complexity index is 893. The summed E-state index contributed by atoms with van der Waals surface area (Å²) in [6, 6.07) is 6.30. The molecule has 1 aliphatic rings. The fourth-order valence-electron chi connectivity index (χ4n) is 3.15. The normalized spacial score (nSPS) is 15.2. The average Bonchev–Trinajstić information content (AvgIpc) is 3.05. The van der Waals surface area contributed by atoms with Gasteiger partial charge in [-0.15, -0.1) is 10.2 Å². The number of nitrogen functional groups attached to an aromatic ring is 1. The molecule has 0 saturated carbocycles. The predicted octanol–water partition coefficient (Wildman–Crippen LogP) is 1.40. The summed E-state index contributed by atoms with van der Waals surface area (Å²) in [6.07, 6.45) is -4.46. The van der Waals surface area contributed by atoms with Gasteiger partial charge in [0.1, 0.15) is 0 Å². The topological polar surface area (TPSA) is 127 Å². The molecule has 0 radical (unpaired) electrons. The number of nitrogens with zero attached hydrogens (tertiary/aromatic N) is 4. The van der Waals surface area contributed by atoms with Gasteiger partial charge in [0.15, 0.2) is 5.82 Å². The second kappa shape index (κ2) is 7.58. The number of anilines is 1. The highest BCUT2D eigenvalue weighted by molar-refractivity contribution is 6.03. The summed E-state index contributed by atoms with van der Waals surface area (Å²) in [5.74, 6) is -1.27. The molecule has 1 atom stereocenters. The van der Waals surface area contributed by atoms with Crippen LogP contribution in [0.1, 0.15) is 30.1 Å². The molecule has 0 aliphatic carbocycles. The number of benzene rings is 1. The lowest BCUT2D eigenvalue weighted by molar-refractivity contribution is -0.148. The molecule has 2 heterocycles. The zero-order valence-electron chi connectivity index (χ0n) is 14.9. The number of aromatic nitrogens is 3. The lowest BCUT2D eigenvalue weighted by Gasteiger charge is -2.29. The van der Waals surface area contributed by atoms with E-state index in [-0.39, 0.29) is 49.9 Å². The lowest BCUT2D eigenvalue weighted by Crippen LogP contribution is -2.42. The molecule has 2 aromatic rings. The Hall–Kier alpha value is -2.95. The van der Waals surface area contributed by atoms with Gasteiger partial charge in [-0.1, -0.05) is 18.2 Å². The SMILES string of the molecule is N=C(CC(N)CC(=O)N1CCn2c(nnc2C(F)(F)F)C1)c1ccccc1N. The molecular formula is C17H20F3N7O. The number of hydrogen-bond acceptors (Lipinski definition) is 6. The Labute approximate surface area is 158 Å². The van der Waals surface area contributed by atoms with Crippen molar-refractivity contribution in [3.8, 4) is 0 Å². The van der Waals surface area contributed by atoms with E-state index < -0.39 is 18.0 Å². The fourth-order valence-corrected chi connectivity index (χ4v) is 3.15. The summed E-state index contributed by atoms with van der Waals surface area (Å²) in [5, 5.41) is 14.9. The van der Waals surface area contributed by atoms with E-state index >= 15 is 0 Å². The van der Waals surface area contributed by atoms with Gasteiger partial charge in [-0.05, 0) is 6.07 Å². The molecule has 1 unspecified atom stereocenters. The molecule has 1 amide bonds. The number of rotatable bonds is 5. The van der Waals surface area contributed by atoms with E-state index in [9.17, 15) is 18.0 Å². The quantitative estimate of drug-likeness (QED) is 0.521. The van der Waals surface area contributed by atoms with Crippen LogP contribution in [0.5, 0.6) is 0 Å². The van der Waals surface area contributed by atoms with E-state index in [2.05, 4.69) is 10.2 Å². The van der Waals surface area contributed by atoms with Crippen molar-refractivity contribution in [3.05, 3.63) is 41.5 Å². The number of para-hydroxylation sites is 1. The Kier molecular flexibility index (Phi) is 5.36. The van der Waals surface area contributed by atoms with Gasteiger partial charge in [0.25, 0.3) is 0 Å². The molecule has 8 nitrogen and oxygen atoms in total. The van der Waals surface area contributed by atoms with Crippen LogP contribution in [0.2, 0.25) is 0 Å². The van der Waals surface area contributed by atoms with E-state index in [1.807, 2.05) is 0 Å². The monoisotopic (exact) mass is 395 g/mol. The van der Waals surface area contributed by atoms with Gasteiger partial charge in [0.2, 0.25) is 11.7 Å². The minimum absolute atomic E-state index is 0.0324. The summed E-state index contributed by atoms with van der Waals surface area (Å²) in [6.45, 7) is 0.0228. The van der Waals surface area contributed by atoms with Crippen LogP contribution in [0.15, 0.2) is 24.3 Å². The number of alkyl halides is 3. The first-order valence-electron chi connectivity index (χ1n) is 8.61. The Balaban J connectivity index is 1.59. The number of nitrogens with one attached hydrogen (secondary N) is 1. The molecule has 3 rings (SSSR count). The zero-order valence-corrected chi connectivity index (χ0v) is 14.9. The maximum Gasteiger partial charge on any atom is 0.451 e. The second-order valence-electron chi connectivity index (χ2n) is 6.64. The number of halogens is 3. The smallest absolute Gasteiger partial charge is 0.398 e. The van der Waals surface area contributed by atoms with Crippen molar-refractivity contribution in [1.29, 1.82) is 5.41 Å². The van der Waals surface area contributed by atoms with E-state index in [1.54, 1.807) is 24.3 Å². The summed E-state index contributed by atoms with van der Waals surface area (Å²) >= 11 is 0. The predicted molar refractivity (Wildman–Crippen MR) is 95.3 cm³/mol. The second-order valence-corrected chi connectivity index (χ2v) is 6.64. The number of hydrogen-bond donors (Lipinski definition) is 3. The van der Waals surface area contributed by atoms with E-state index in [4.69, 9.17) is 16.9 Å². The van der Waals surface area contributed by atoms with Gasteiger partial charge in [0, 0.05) is 48.9 Å². The molecule has 150 valence electrons. The van der Waals surface area contributed by atoms with Gasteiger partial charge in [-0.25, -0.2) is 0 Å². The highest BCUT2D eigenvalue weighted by Crippen LogP contribution is 2.29. The molecule has 0 fully saturated rings. The number of amides is 1. The summed E-state index contributed by atoms with van der Waals surface area (Å²) in [5.41, 5.74) is 13.1. The lowest BCUT2D eigenvalue weighted by atomic mass is 9.99. The first-order chi connectivity index (χ1) is 13.2. The van der Waals surface area contributed by atoms with Crippen LogP contribution in [0.25, 0.3) is 0 Å². The van der Waals surface area contributed by atoms with Gasteiger partial charge in [0.05, 0.1) is 6.54 Å². The highest BCUT2D eigenvalue weighted by Gasteiger charge is 2.39. The molecule has 0 saturated heterocycles. The minimum Gasteiger partial charge on any atom is -0.398 e. The van der Waals surface area contributed by atoms with Crippen LogP contribution < -0.4 is 11.5 Å². The molecule has 5 N–H and O–H groups in total. The first-order valence-corrected chi connectivity index (χ1v) is 8.61. The van der Waals surface area contributed by atoms with Crippen molar-refractivity contribution in [3.63, 3.8) is 0 Å². The number of carbonyl (C=O) groups excluding carboxylic acids is 1. The summed E-state index contributed by atoms with van der Waals surface area (Å²) < 4.78 is 39.6. The van der Waals surface area contributed by atoms with Crippen LogP contribution in [-0.2, 0) is 24.1 Å². The third-order valence-electron chi connectivity index (χ3n) is 4.55. The molecular weight excluding hydrogens is 375 g/mol. The zero-order chi connectivity index (χ0) is 20.5. The van der Waals surface area contributed by atoms with Crippen LogP contribution in [0.3, 0.4) is 0 Å². The highest BCUT2D eigenvalue weighted by atomic mass is 19.4. The van der Waals surface area contributed by atoms with Gasteiger partial charge < -0.3 is 26.3 Å². The molecule has 28 heavy (non-hydrogen) atoms. The van der Waals surface area contributed by atoms with Crippen LogP contribution in [0, 0.1) is 5.41 Å². The standard InChI is InChI=1S/C17H20F3N7O/c18-17(19,20)16-25-24-14-9-26(5-6-27(14)16)15(28)8-10(21)7-13(23)11-3-1-2-4-12(11)22/h1-4,10,23H,5-9,21-22H2. The van der Waals surface area contributed by atoms with E-state index in [1.165, 1.54) is 4.90 Å². The minimum atomic E-state index is -4.58. The molecule has 11 heteroatoms. The third-order valence-corrected chi connectivity index (χ3v) is 4.55. The van der Waals surface area contributed by atoms with Gasteiger partial charge in [-0.2, -0.15) is 13.2 Å². The Morgan fingerprint density at radius 3 is 2.61 bits per heavy atom. The summed E-state index contributed by atoms with van der Waals surface area (Å²) in [7, 11) is 0. The van der Waals surface area contributed by atoms with Crippen LogP contribution >= 0.6 is 0 Å². The van der Waals surface area contributed by atoms with Crippen molar-refractivity contribution in [2.45, 2.75) is 38.1 Å². The van der Waals surface area contributed by atoms with Crippen molar-refractivity contribution in [2.75, 3.05) is 12.3 Å². The van der Waals surface area contributed by atoms with Gasteiger partial charge >= 0.3 is 6.18 Å². The number of nitrogens with two attached hydrogens (primary N) is 2. The third kappa shape index (κ3) is 4.14. The molecule has 0 spiro atoms. The fraction of sp³-hybridized carbons (Fsp3) is 0.412. The van der Waals surface area contributed by atoms with E-state index in [0.717, 1.165) is 4.57 Å². The molecule has 1 aliphatic heterocycles. The molecule has 1 aromatic carbocycles. The molecule has 0 bridgehead atoms. The average molecular weight is 395 g/mol. The number of fused-ring (bicyclic) bond motifs is 1. The maximum atomic E-state index is 12.9. The van der Waals surface area contributed by atoms with Crippen LogP contribution in [-0.4, -0.2) is 43.9 Å². The van der Waals surface area contributed by atoms with Crippen molar-refractivity contribution in [1.82, 2.24) is 19.7 Å². The van der Waals surface area contributed by atoms with E-state index in [0.29, 0.717) is 11.3 Å². The van der Waals surface area contributed by atoms with Crippen molar-refractivity contribution < 1.29 is 18.0 Å². The van der Waals surface area contributed by atoms with Crippen LogP contribution in [0.4, 0.5) is 18.9 Å². The summed E-state index contributed by atoms with van der Waals surface area (Å²) in [4.78, 5) is 13.9. The Morgan fingerprint density at radius 1 is 1.21 bits per heavy atom. The molecule has 1 aromatic heterocycles. The van der Waals surface area contributed by atoms with Crippen molar-refractivity contribution in [2.24, 2.45) is 5.73 Å².